The summed E-state index contributed by atoms with van der Waals surface area (Å²) in [7, 11) is 0. The monoisotopic (exact) mass is 304 g/mol. The minimum absolute atomic E-state index is 0.298. The van der Waals surface area contributed by atoms with Crippen molar-refractivity contribution in [2.24, 2.45) is 0 Å². The van der Waals surface area contributed by atoms with E-state index in [0.29, 0.717) is 11.4 Å². The van der Waals surface area contributed by atoms with Gasteiger partial charge in [0.15, 0.2) is 0 Å². The van der Waals surface area contributed by atoms with Crippen LogP contribution in [0.2, 0.25) is 0 Å². The average molecular weight is 304 g/mol. The van der Waals surface area contributed by atoms with Gasteiger partial charge in [-0.15, -0.1) is 0 Å². The number of benzene rings is 3. The van der Waals surface area contributed by atoms with Gasteiger partial charge in [0.1, 0.15) is 11.5 Å². The van der Waals surface area contributed by atoms with Gasteiger partial charge in [-0.05, 0) is 36.4 Å². The van der Waals surface area contributed by atoms with Crippen molar-refractivity contribution in [2.45, 2.75) is 0 Å². The Morgan fingerprint density at radius 1 is 0.652 bits per heavy atom. The molecule has 114 valence electrons. The van der Waals surface area contributed by atoms with Crippen molar-refractivity contribution in [3.8, 4) is 11.5 Å². The van der Waals surface area contributed by atoms with Crippen LogP contribution in [0.4, 0.5) is 16.2 Å². The SMILES string of the molecule is O=C(Nc1ccccc1)Nc1cccc(Oc2ccccc2)c1. The molecule has 0 aliphatic rings. The second-order valence-corrected chi connectivity index (χ2v) is 4.89. The van der Waals surface area contributed by atoms with Crippen LogP contribution in [0, 0.1) is 0 Å². The van der Waals surface area contributed by atoms with Crippen LogP contribution >= 0.6 is 0 Å². The highest BCUT2D eigenvalue weighted by Gasteiger charge is 2.04. The first-order valence-corrected chi connectivity index (χ1v) is 7.26. The minimum Gasteiger partial charge on any atom is -0.457 e. The fraction of sp³-hybridized carbons (Fsp3) is 0. The molecule has 0 spiro atoms. The highest BCUT2D eigenvalue weighted by molar-refractivity contribution is 5.99. The Morgan fingerprint density at radius 3 is 1.96 bits per heavy atom. The third kappa shape index (κ3) is 4.35. The summed E-state index contributed by atoms with van der Waals surface area (Å²) in [5.41, 5.74) is 1.40. The molecule has 3 aromatic carbocycles. The Labute approximate surface area is 134 Å². The molecule has 2 N–H and O–H groups in total. The van der Waals surface area contributed by atoms with Gasteiger partial charge in [-0.3, -0.25) is 0 Å². The number of anilines is 2. The molecule has 23 heavy (non-hydrogen) atoms. The highest BCUT2D eigenvalue weighted by atomic mass is 16.5. The van der Waals surface area contributed by atoms with E-state index < -0.39 is 0 Å². The summed E-state index contributed by atoms with van der Waals surface area (Å²) in [5, 5.41) is 5.56. The van der Waals surface area contributed by atoms with E-state index in [9.17, 15) is 4.79 Å². The molecule has 0 aliphatic heterocycles. The quantitative estimate of drug-likeness (QED) is 0.702. The summed E-state index contributed by atoms with van der Waals surface area (Å²) in [6, 6.07) is 25.7. The van der Waals surface area contributed by atoms with E-state index in [2.05, 4.69) is 10.6 Å². The molecule has 0 heterocycles. The number of carbonyl (C=O) groups excluding carboxylic acids is 1. The van der Waals surface area contributed by atoms with Gasteiger partial charge in [-0.25, -0.2) is 4.79 Å². The van der Waals surface area contributed by atoms with E-state index in [1.807, 2.05) is 78.9 Å². The van der Waals surface area contributed by atoms with Gasteiger partial charge in [0.2, 0.25) is 0 Å². The van der Waals surface area contributed by atoms with Gasteiger partial charge in [0.25, 0.3) is 0 Å². The van der Waals surface area contributed by atoms with Gasteiger partial charge >= 0.3 is 6.03 Å². The van der Waals surface area contributed by atoms with Gasteiger partial charge in [-0.2, -0.15) is 0 Å². The Bertz CT molecular complexity index is 774. The van der Waals surface area contributed by atoms with Crippen LogP contribution < -0.4 is 15.4 Å². The predicted octanol–water partition coefficient (Wildman–Crippen LogP) is 5.12. The van der Waals surface area contributed by atoms with Crippen LogP contribution in [0.15, 0.2) is 84.9 Å². The number of nitrogens with one attached hydrogen (secondary N) is 2. The van der Waals surface area contributed by atoms with Crippen LogP contribution in [-0.4, -0.2) is 6.03 Å². The van der Waals surface area contributed by atoms with Crippen LogP contribution in [0.25, 0.3) is 0 Å². The molecule has 0 bridgehead atoms. The number of urea groups is 1. The normalized spacial score (nSPS) is 9.91. The molecule has 0 aliphatic carbocycles. The van der Waals surface area contributed by atoms with Crippen molar-refractivity contribution in [3.63, 3.8) is 0 Å². The van der Waals surface area contributed by atoms with Crippen molar-refractivity contribution >= 4 is 17.4 Å². The first kappa shape index (κ1) is 14.7. The van der Waals surface area contributed by atoms with Gasteiger partial charge in [0, 0.05) is 17.4 Å². The topological polar surface area (TPSA) is 50.4 Å². The summed E-state index contributed by atoms with van der Waals surface area (Å²) >= 11 is 0. The zero-order chi connectivity index (χ0) is 15.9. The van der Waals surface area contributed by atoms with Crippen LogP contribution in [0.1, 0.15) is 0 Å². The molecule has 0 saturated heterocycles. The summed E-state index contributed by atoms with van der Waals surface area (Å²) in [4.78, 5) is 12.0. The first-order chi connectivity index (χ1) is 11.3. The molecular formula is C19H16N2O2. The van der Waals surface area contributed by atoms with Gasteiger partial charge in [0.05, 0.1) is 0 Å². The van der Waals surface area contributed by atoms with E-state index >= 15 is 0 Å². The number of ether oxygens (including phenoxy) is 1. The summed E-state index contributed by atoms with van der Waals surface area (Å²) in [5.74, 6) is 1.41. The lowest BCUT2D eigenvalue weighted by Gasteiger charge is -2.10. The van der Waals surface area contributed by atoms with Crippen LogP contribution in [0.3, 0.4) is 0 Å². The van der Waals surface area contributed by atoms with Gasteiger partial charge < -0.3 is 15.4 Å². The minimum atomic E-state index is -0.298. The van der Waals surface area contributed by atoms with Crippen molar-refractivity contribution < 1.29 is 9.53 Å². The fourth-order valence-electron chi connectivity index (χ4n) is 2.08. The van der Waals surface area contributed by atoms with Crippen molar-refractivity contribution in [3.05, 3.63) is 84.9 Å². The summed E-state index contributed by atoms with van der Waals surface area (Å²) in [6.07, 6.45) is 0. The zero-order valence-electron chi connectivity index (χ0n) is 12.4. The number of hydrogen-bond donors (Lipinski definition) is 2. The number of rotatable bonds is 4. The lowest BCUT2D eigenvalue weighted by Crippen LogP contribution is -2.19. The molecule has 4 nitrogen and oxygen atoms in total. The highest BCUT2D eigenvalue weighted by Crippen LogP contribution is 2.23. The maximum absolute atomic E-state index is 12.0. The Morgan fingerprint density at radius 2 is 1.22 bits per heavy atom. The fourth-order valence-corrected chi connectivity index (χ4v) is 2.08. The van der Waals surface area contributed by atoms with Gasteiger partial charge in [-0.1, -0.05) is 42.5 Å². The molecule has 2 amide bonds. The molecule has 0 atom stereocenters. The second-order valence-electron chi connectivity index (χ2n) is 4.89. The lowest BCUT2D eigenvalue weighted by molar-refractivity contribution is 0.262. The maximum atomic E-state index is 12.0. The predicted molar refractivity (Wildman–Crippen MR) is 92.0 cm³/mol. The Hall–Kier alpha value is -3.27. The van der Waals surface area contributed by atoms with E-state index in [1.54, 1.807) is 6.07 Å². The van der Waals surface area contributed by atoms with E-state index in [-0.39, 0.29) is 6.03 Å². The second kappa shape index (κ2) is 7.13. The van der Waals surface area contributed by atoms with Crippen LogP contribution in [0.5, 0.6) is 11.5 Å². The van der Waals surface area contributed by atoms with Crippen molar-refractivity contribution in [2.75, 3.05) is 10.6 Å². The van der Waals surface area contributed by atoms with Crippen molar-refractivity contribution in [1.82, 2.24) is 0 Å². The summed E-state index contributed by atoms with van der Waals surface area (Å²) < 4.78 is 5.75. The first-order valence-electron chi connectivity index (χ1n) is 7.26. The molecule has 0 unspecified atom stereocenters. The largest absolute Gasteiger partial charge is 0.457 e. The third-order valence-corrected chi connectivity index (χ3v) is 3.10. The standard InChI is InChI=1S/C19H16N2O2/c22-19(20-15-8-3-1-4-9-15)21-16-10-7-13-18(14-16)23-17-11-5-2-6-12-17/h1-14H,(H2,20,21,22). The molecule has 3 rings (SSSR count). The molecule has 0 radical (unpaired) electrons. The Balaban J connectivity index is 1.64. The maximum Gasteiger partial charge on any atom is 0.323 e. The average Bonchev–Trinajstić information content (AvgIpc) is 2.57. The number of amides is 2. The lowest BCUT2D eigenvalue weighted by atomic mass is 10.3. The molecule has 0 saturated carbocycles. The smallest absolute Gasteiger partial charge is 0.323 e. The Kier molecular flexibility index (Phi) is 4.55. The van der Waals surface area contributed by atoms with E-state index in [0.717, 1.165) is 11.4 Å². The summed E-state index contributed by atoms with van der Waals surface area (Å²) in [6.45, 7) is 0. The third-order valence-electron chi connectivity index (χ3n) is 3.10. The number of para-hydroxylation sites is 2. The molecule has 0 aromatic heterocycles. The molecule has 0 fully saturated rings. The molecular weight excluding hydrogens is 288 g/mol. The number of hydrogen-bond acceptors (Lipinski definition) is 2. The van der Waals surface area contributed by atoms with Crippen molar-refractivity contribution in [1.29, 1.82) is 0 Å². The zero-order valence-corrected chi connectivity index (χ0v) is 12.4. The van der Waals surface area contributed by atoms with Crippen LogP contribution in [-0.2, 0) is 0 Å². The number of carbonyl (C=O) groups is 1. The molecule has 3 aromatic rings. The molecule has 4 heteroatoms. The van der Waals surface area contributed by atoms with E-state index in [1.165, 1.54) is 0 Å². The van der Waals surface area contributed by atoms with E-state index in [4.69, 9.17) is 4.74 Å².